The van der Waals surface area contributed by atoms with Gasteiger partial charge in [-0.15, -0.1) is 0 Å². The number of ether oxygens (including phenoxy) is 1. The highest BCUT2D eigenvalue weighted by molar-refractivity contribution is 6.06. The molecule has 0 radical (unpaired) electrons. The summed E-state index contributed by atoms with van der Waals surface area (Å²) in [7, 11) is 0. The minimum absolute atomic E-state index is 0.142. The molecule has 5 rings (SSSR count). The molecular weight excluding hydrogens is 370 g/mol. The molecule has 0 aliphatic carbocycles. The summed E-state index contributed by atoms with van der Waals surface area (Å²) in [6, 6.07) is 24.8. The number of hydrogen-bond acceptors (Lipinski definition) is 3. The monoisotopic (exact) mass is 395 g/mol. The lowest BCUT2D eigenvalue weighted by molar-refractivity contribution is 0.302. The molecule has 0 N–H and O–H groups in total. The van der Waals surface area contributed by atoms with E-state index in [1.54, 1.807) is 0 Å². The van der Waals surface area contributed by atoms with Crippen molar-refractivity contribution in [1.29, 1.82) is 0 Å². The van der Waals surface area contributed by atoms with Crippen LogP contribution >= 0.6 is 0 Å². The molecule has 30 heavy (non-hydrogen) atoms. The van der Waals surface area contributed by atoms with Crippen molar-refractivity contribution in [1.82, 2.24) is 14.5 Å². The molecule has 150 valence electrons. The molecule has 0 bridgehead atoms. The van der Waals surface area contributed by atoms with E-state index in [9.17, 15) is 0 Å². The summed E-state index contributed by atoms with van der Waals surface area (Å²) >= 11 is 0. The molecular formula is C26H25N3O. The second kappa shape index (κ2) is 7.13. The average molecular weight is 396 g/mol. The minimum Gasteiger partial charge on any atom is -0.492 e. The van der Waals surface area contributed by atoms with Gasteiger partial charge in [0.2, 0.25) is 0 Å². The predicted octanol–water partition coefficient (Wildman–Crippen LogP) is 6.11. The van der Waals surface area contributed by atoms with Crippen LogP contribution in [0.4, 0.5) is 0 Å². The van der Waals surface area contributed by atoms with Crippen LogP contribution in [0.2, 0.25) is 0 Å². The Morgan fingerprint density at radius 2 is 1.47 bits per heavy atom. The zero-order valence-corrected chi connectivity index (χ0v) is 17.6. The highest BCUT2D eigenvalue weighted by Gasteiger charge is 2.15. The number of hydrogen-bond donors (Lipinski definition) is 0. The maximum absolute atomic E-state index is 6.06. The first-order chi connectivity index (χ1) is 14.5. The molecule has 2 aromatic heterocycles. The van der Waals surface area contributed by atoms with Crippen molar-refractivity contribution >= 4 is 33.1 Å². The molecule has 0 spiro atoms. The third-order valence-electron chi connectivity index (χ3n) is 5.56. The van der Waals surface area contributed by atoms with Gasteiger partial charge in [0.25, 0.3) is 0 Å². The summed E-state index contributed by atoms with van der Waals surface area (Å²) in [5.74, 6) is 0.889. The molecule has 5 aromatic rings. The largest absolute Gasteiger partial charge is 0.492 e. The lowest BCUT2D eigenvalue weighted by Gasteiger charge is -2.19. The van der Waals surface area contributed by atoms with E-state index in [0.717, 1.165) is 38.8 Å². The Morgan fingerprint density at radius 3 is 2.20 bits per heavy atom. The van der Waals surface area contributed by atoms with E-state index in [0.29, 0.717) is 13.2 Å². The van der Waals surface area contributed by atoms with E-state index in [1.165, 1.54) is 5.56 Å². The van der Waals surface area contributed by atoms with Gasteiger partial charge in [0.05, 0.1) is 23.1 Å². The normalized spacial score (nSPS) is 12.1. The smallest absolute Gasteiger partial charge is 0.160 e. The standard InChI is InChI=1S/C26H25N3O/c1-26(2,3)18-12-14-19(15-13-18)30-17-16-29-23-11-7-4-8-20(23)24-25(29)28-22-10-6-5-9-21(22)27-24/h4-15H,16-17H2,1-3H3. The molecule has 0 aliphatic heterocycles. The highest BCUT2D eigenvalue weighted by Crippen LogP contribution is 2.28. The first-order valence-electron chi connectivity index (χ1n) is 10.4. The average Bonchev–Trinajstić information content (AvgIpc) is 3.05. The van der Waals surface area contributed by atoms with Gasteiger partial charge in [0, 0.05) is 5.39 Å². The van der Waals surface area contributed by atoms with Crippen molar-refractivity contribution in [3.63, 3.8) is 0 Å². The first kappa shape index (κ1) is 18.6. The van der Waals surface area contributed by atoms with Gasteiger partial charge in [-0.3, -0.25) is 0 Å². The number of benzene rings is 3. The Balaban J connectivity index is 1.47. The maximum atomic E-state index is 6.06. The summed E-state index contributed by atoms with van der Waals surface area (Å²) in [5, 5.41) is 1.13. The zero-order chi connectivity index (χ0) is 20.7. The van der Waals surface area contributed by atoms with Crippen molar-refractivity contribution in [2.45, 2.75) is 32.7 Å². The molecule has 0 atom stereocenters. The number of para-hydroxylation sites is 3. The number of rotatable bonds is 4. The van der Waals surface area contributed by atoms with Crippen molar-refractivity contribution in [2.24, 2.45) is 0 Å². The summed E-state index contributed by atoms with van der Waals surface area (Å²) in [5.41, 5.74) is 6.26. The fourth-order valence-electron chi connectivity index (χ4n) is 3.92. The number of aromatic nitrogens is 3. The van der Waals surface area contributed by atoms with Gasteiger partial charge in [-0.1, -0.05) is 63.2 Å². The molecule has 0 saturated heterocycles. The number of fused-ring (bicyclic) bond motifs is 4. The SMILES string of the molecule is CC(C)(C)c1ccc(OCCn2c3ccccc3c3nc4ccccc4nc32)cc1. The van der Waals surface area contributed by atoms with E-state index in [2.05, 4.69) is 73.9 Å². The van der Waals surface area contributed by atoms with Gasteiger partial charge in [-0.25, -0.2) is 9.97 Å². The summed E-state index contributed by atoms with van der Waals surface area (Å²) in [6.07, 6.45) is 0. The van der Waals surface area contributed by atoms with Crippen LogP contribution in [0.3, 0.4) is 0 Å². The molecule has 0 aliphatic rings. The van der Waals surface area contributed by atoms with E-state index < -0.39 is 0 Å². The third-order valence-corrected chi connectivity index (χ3v) is 5.56. The molecule has 0 amide bonds. The predicted molar refractivity (Wildman–Crippen MR) is 123 cm³/mol. The van der Waals surface area contributed by atoms with Crippen LogP contribution < -0.4 is 4.74 Å². The van der Waals surface area contributed by atoms with Gasteiger partial charge in [0.1, 0.15) is 17.9 Å². The Morgan fingerprint density at radius 1 is 0.800 bits per heavy atom. The van der Waals surface area contributed by atoms with Crippen molar-refractivity contribution in [3.05, 3.63) is 78.4 Å². The van der Waals surface area contributed by atoms with Gasteiger partial charge >= 0.3 is 0 Å². The third kappa shape index (κ3) is 3.28. The lowest BCUT2D eigenvalue weighted by Crippen LogP contribution is -2.11. The fraction of sp³-hybridized carbons (Fsp3) is 0.231. The Bertz CT molecular complexity index is 1340. The maximum Gasteiger partial charge on any atom is 0.160 e. The first-order valence-corrected chi connectivity index (χ1v) is 10.4. The highest BCUT2D eigenvalue weighted by atomic mass is 16.5. The van der Waals surface area contributed by atoms with Gasteiger partial charge in [-0.05, 0) is 41.3 Å². The van der Waals surface area contributed by atoms with E-state index in [4.69, 9.17) is 14.7 Å². The Kier molecular flexibility index (Phi) is 4.43. The Hall–Kier alpha value is -3.40. The summed E-state index contributed by atoms with van der Waals surface area (Å²) in [4.78, 5) is 9.83. The molecule has 4 heteroatoms. The summed E-state index contributed by atoms with van der Waals surface area (Å²) < 4.78 is 8.28. The van der Waals surface area contributed by atoms with E-state index >= 15 is 0 Å². The minimum atomic E-state index is 0.142. The van der Waals surface area contributed by atoms with E-state index in [1.807, 2.05) is 24.3 Å². The molecule has 0 fully saturated rings. The van der Waals surface area contributed by atoms with Crippen molar-refractivity contribution in [2.75, 3.05) is 6.61 Å². The fourth-order valence-corrected chi connectivity index (χ4v) is 3.92. The van der Waals surface area contributed by atoms with Gasteiger partial charge < -0.3 is 9.30 Å². The van der Waals surface area contributed by atoms with Crippen LogP contribution in [0, 0.1) is 0 Å². The van der Waals surface area contributed by atoms with E-state index in [-0.39, 0.29) is 5.41 Å². The zero-order valence-electron chi connectivity index (χ0n) is 17.6. The molecule has 0 unspecified atom stereocenters. The number of nitrogens with zero attached hydrogens (tertiary/aromatic N) is 3. The second-order valence-corrected chi connectivity index (χ2v) is 8.68. The van der Waals surface area contributed by atoms with Crippen LogP contribution in [0.1, 0.15) is 26.3 Å². The lowest BCUT2D eigenvalue weighted by atomic mass is 9.87. The molecule has 0 saturated carbocycles. The van der Waals surface area contributed by atoms with Crippen LogP contribution in [0.25, 0.3) is 33.1 Å². The summed E-state index contributed by atoms with van der Waals surface area (Å²) in [6.45, 7) is 7.93. The van der Waals surface area contributed by atoms with Crippen LogP contribution in [-0.2, 0) is 12.0 Å². The second-order valence-electron chi connectivity index (χ2n) is 8.68. The van der Waals surface area contributed by atoms with Crippen molar-refractivity contribution in [3.8, 4) is 5.75 Å². The molecule has 4 nitrogen and oxygen atoms in total. The molecule has 3 aromatic carbocycles. The Labute approximate surface area is 176 Å². The quantitative estimate of drug-likeness (QED) is 0.368. The van der Waals surface area contributed by atoms with Gasteiger partial charge in [0.15, 0.2) is 5.65 Å². The van der Waals surface area contributed by atoms with Crippen LogP contribution in [0.5, 0.6) is 5.75 Å². The van der Waals surface area contributed by atoms with Gasteiger partial charge in [-0.2, -0.15) is 0 Å². The van der Waals surface area contributed by atoms with Crippen LogP contribution in [-0.4, -0.2) is 21.1 Å². The van der Waals surface area contributed by atoms with Crippen LogP contribution in [0.15, 0.2) is 72.8 Å². The molecule has 2 heterocycles. The van der Waals surface area contributed by atoms with Crippen molar-refractivity contribution < 1.29 is 4.74 Å². The topological polar surface area (TPSA) is 39.9 Å².